The number of carbonyl (C=O) groups is 3. The summed E-state index contributed by atoms with van der Waals surface area (Å²) in [5.41, 5.74) is 0.796. The Morgan fingerprint density at radius 1 is 1.15 bits per heavy atom. The van der Waals surface area contributed by atoms with Gasteiger partial charge in [-0.3, -0.25) is 14.5 Å². The predicted molar refractivity (Wildman–Crippen MR) is 119 cm³/mol. The first-order valence-electron chi connectivity index (χ1n) is 10.9. The van der Waals surface area contributed by atoms with Crippen molar-refractivity contribution in [2.45, 2.75) is 39.0 Å². The maximum atomic E-state index is 15.2. The zero-order valence-electron chi connectivity index (χ0n) is 18.8. The van der Waals surface area contributed by atoms with E-state index in [1.54, 1.807) is 29.2 Å². The van der Waals surface area contributed by atoms with Crippen molar-refractivity contribution >= 4 is 29.3 Å². The molecule has 2 aliphatic rings. The number of amides is 3. The van der Waals surface area contributed by atoms with Crippen molar-refractivity contribution in [3.8, 4) is 0 Å². The van der Waals surface area contributed by atoms with Crippen molar-refractivity contribution in [1.82, 2.24) is 10.2 Å². The Hall–Kier alpha value is -3.56. The van der Waals surface area contributed by atoms with Gasteiger partial charge in [0, 0.05) is 32.1 Å². The van der Waals surface area contributed by atoms with Crippen LogP contribution in [-0.4, -0.2) is 67.2 Å². The van der Waals surface area contributed by atoms with Gasteiger partial charge in [0.25, 0.3) is 5.91 Å². The van der Waals surface area contributed by atoms with Crippen LogP contribution in [0.5, 0.6) is 0 Å². The van der Waals surface area contributed by atoms with Crippen molar-refractivity contribution in [3.05, 3.63) is 48.2 Å². The Morgan fingerprint density at radius 2 is 1.88 bits per heavy atom. The summed E-state index contributed by atoms with van der Waals surface area (Å²) in [6.45, 7) is 6.54. The van der Waals surface area contributed by atoms with Gasteiger partial charge in [0.05, 0.1) is 30.7 Å². The SMILES string of the molecule is CC(=O)NC[C@H]1CN(c2ccc(N3C(C)CN(C(=O)c4ccco4)CC3C)c(F)c2)C(=O)O1. The summed E-state index contributed by atoms with van der Waals surface area (Å²) in [5.74, 6) is -0.576. The van der Waals surface area contributed by atoms with Crippen molar-refractivity contribution in [2.75, 3.05) is 36.0 Å². The molecule has 4 rings (SSSR count). The summed E-state index contributed by atoms with van der Waals surface area (Å²) in [6, 6.07) is 7.68. The molecule has 0 bridgehead atoms. The highest BCUT2D eigenvalue weighted by Gasteiger charge is 2.36. The molecule has 2 fully saturated rings. The Bertz CT molecular complexity index is 1030. The monoisotopic (exact) mass is 458 g/mol. The highest BCUT2D eigenvalue weighted by atomic mass is 19.1. The molecule has 3 atom stereocenters. The van der Waals surface area contributed by atoms with Crippen LogP contribution >= 0.6 is 0 Å². The Kier molecular flexibility index (Phi) is 6.26. The van der Waals surface area contributed by atoms with Gasteiger partial charge in [0.2, 0.25) is 5.91 Å². The van der Waals surface area contributed by atoms with Crippen LogP contribution in [0.3, 0.4) is 0 Å². The van der Waals surface area contributed by atoms with Gasteiger partial charge in [-0.1, -0.05) is 0 Å². The predicted octanol–water partition coefficient (Wildman–Crippen LogP) is 2.62. The quantitative estimate of drug-likeness (QED) is 0.740. The van der Waals surface area contributed by atoms with Gasteiger partial charge in [0.15, 0.2) is 5.76 Å². The molecule has 3 amide bonds. The molecule has 9 nitrogen and oxygen atoms in total. The summed E-state index contributed by atoms with van der Waals surface area (Å²) in [7, 11) is 0. The van der Waals surface area contributed by atoms with E-state index in [9.17, 15) is 14.4 Å². The van der Waals surface area contributed by atoms with Gasteiger partial charge in [-0.05, 0) is 44.2 Å². The fourth-order valence-corrected chi connectivity index (χ4v) is 4.49. The number of hydrogen-bond donors (Lipinski definition) is 1. The number of benzene rings is 1. The second-order valence-corrected chi connectivity index (χ2v) is 8.48. The van der Waals surface area contributed by atoms with E-state index in [2.05, 4.69) is 5.32 Å². The molecule has 1 aromatic heterocycles. The van der Waals surface area contributed by atoms with Crippen molar-refractivity contribution in [2.24, 2.45) is 0 Å². The molecule has 2 unspecified atom stereocenters. The Balaban J connectivity index is 1.46. The molecule has 0 radical (unpaired) electrons. The van der Waals surface area contributed by atoms with Gasteiger partial charge < -0.3 is 24.3 Å². The molecule has 3 heterocycles. The number of piperazine rings is 1. The lowest BCUT2D eigenvalue weighted by molar-refractivity contribution is -0.119. The molecule has 0 aliphatic carbocycles. The van der Waals surface area contributed by atoms with E-state index in [4.69, 9.17) is 9.15 Å². The fourth-order valence-electron chi connectivity index (χ4n) is 4.49. The van der Waals surface area contributed by atoms with Crippen LogP contribution in [0.1, 0.15) is 31.3 Å². The van der Waals surface area contributed by atoms with Crippen molar-refractivity contribution < 1.29 is 27.9 Å². The zero-order chi connectivity index (χ0) is 23.7. The Morgan fingerprint density at radius 3 is 2.48 bits per heavy atom. The van der Waals surface area contributed by atoms with Crippen LogP contribution in [-0.2, 0) is 9.53 Å². The average Bonchev–Trinajstić information content (AvgIpc) is 3.42. The van der Waals surface area contributed by atoms with Crippen LogP contribution in [0, 0.1) is 5.82 Å². The zero-order valence-corrected chi connectivity index (χ0v) is 18.8. The topological polar surface area (TPSA) is 95.3 Å². The molecule has 1 N–H and O–H groups in total. The molecule has 2 saturated heterocycles. The number of nitrogens with zero attached hydrogens (tertiary/aromatic N) is 3. The number of anilines is 2. The van der Waals surface area contributed by atoms with E-state index >= 15 is 4.39 Å². The molecule has 0 spiro atoms. The fraction of sp³-hybridized carbons (Fsp3) is 0.435. The number of carbonyl (C=O) groups excluding carboxylic acids is 3. The van der Waals surface area contributed by atoms with Gasteiger partial charge >= 0.3 is 6.09 Å². The maximum Gasteiger partial charge on any atom is 0.414 e. The van der Waals surface area contributed by atoms with Gasteiger partial charge in [-0.25, -0.2) is 9.18 Å². The van der Waals surface area contributed by atoms with E-state index in [1.165, 1.54) is 24.2 Å². The molecular formula is C23H27FN4O5. The number of hydrogen-bond acceptors (Lipinski definition) is 6. The number of cyclic esters (lactones) is 1. The number of ether oxygens (including phenoxy) is 1. The summed E-state index contributed by atoms with van der Waals surface area (Å²) >= 11 is 0. The van der Waals surface area contributed by atoms with Crippen LogP contribution in [0.25, 0.3) is 0 Å². The number of halogens is 1. The summed E-state index contributed by atoms with van der Waals surface area (Å²) in [4.78, 5) is 41.0. The second-order valence-electron chi connectivity index (χ2n) is 8.48. The first-order chi connectivity index (χ1) is 15.7. The van der Waals surface area contributed by atoms with Crippen LogP contribution in [0.15, 0.2) is 41.0 Å². The normalized spacial score (nSPS) is 23.0. The highest BCUT2D eigenvalue weighted by molar-refractivity contribution is 5.92. The summed E-state index contributed by atoms with van der Waals surface area (Å²) < 4.78 is 25.7. The minimum atomic E-state index is -0.579. The molecule has 2 aromatic rings. The first kappa shape index (κ1) is 22.6. The highest BCUT2D eigenvalue weighted by Crippen LogP contribution is 2.32. The Labute approximate surface area is 191 Å². The van der Waals surface area contributed by atoms with E-state index in [0.29, 0.717) is 24.5 Å². The summed E-state index contributed by atoms with van der Waals surface area (Å²) in [6.07, 6.45) is 0.388. The van der Waals surface area contributed by atoms with Gasteiger partial charge in [0.1, 0.15) is 11.9 Å². The molecule has 2 aliphatic heterocycles. The summed E-state index contributed by atoms with van der Waals surface area (Å²) in [5, 5.41) is 2.62. The van der Waals surface area contributed by atoms with E-state index in [0.717, 1.165) is 0 Å². The lowest BCUT2D eigenvalue weighted by Gasteiger charge is -2.45. The first-order valence-corrected chi connectivity index (χ1v) is 10.9. The molecule has 10 heteroatoms. The minimum absolute atomic E-state index is 0.133. The minimum Gasteiger partial charge on any atom is -0.459 e. The van der Waals surface area contributed by atoms with Crippen molar-refractivity contribution in [3.63, 3.8) is 0 Å². The largest absolute Gasteiger partial charge is 0.459 e. The lowest BCUT2D eigenvalue weighted by Crippen LogP contribution is -2.58. The smallest absolute Gasteiger partial charge is 0.414 e. The third-order valence-electron chi connectivity index (χ3n) is 5.91. The van der Waals surface area contributed by atoms with E-state index < -0.39 is 18.0 Å². The average molecular weight is 458 g/mol. The van der Waals surface area contributed by atoms with Crippen molar-refractivity contribution in [1.29, 1.82) is 0 Å². The number of furan rings is 1. The number of rotatable bonds is 5. The molecule has 176 valence electrons. The van der Waals surface area contributed by atoms with Gasteiger partial charge in [-0.2, -0.15) is 0 Å². The number of nitrogens with one attached hydrogen (secondary N) is 1. The van der Waals surface area contributed by atoms with Crippen LogP contribution < -0.4 is 15.1 Å². The molecule has 0 saturated carbocycles. The molecular weight excluding hydrogens is 431 g/mol. The van der Waals surface area contributed by atoms with Crippen LogP contribution in [0.4, 0.5) is 20.6 Å². The maximum absolute atomic E-state index is 15.2. The van der Waals surface area contributed by atoms with E-state index in [1.807, 2.05) is 18.7 Å². The molecule has 1 aromatic carbocycles. The van der Waals surface area contributed by atoms with E-state index in [-0.39, 0.29) is 42.7 Å². The van der Waals surface area contributed by atoms with Crippen LogP contribution in [0.2, 0.25) is 0 Å². The lowest BCUT2D eigenvalue weighted by atomic mass is 10.1. The second kappa shape index (κ2) is 9.13. The van der Waals surface area contributed by atoms with Gasteiger partial charge in [-0.15, -0.1) is 0 Å². The third-order valence-corrected chi connectivity index (χ3v) is 5.91. The molecule has 33 heavy (non-hydrogen) atoms. The third kappa shape index (κ3) is 4.64. The standard InChI is InChI=1S/C23H27FN4O5/c1-14-11-26(22(30)21-5-4-8-32-21)12-15(2)28(14)20-7-6-17(9-19(20)24)27-13-18(33-23(27)31)10-25-16(3)29/h4-9,14-15,18H,10-13H2,1-3H3,(H,25,29)/t14?,15?,18-/m0/s1.